The number of nitrogens with one attached hydrogen (secondary N) is 2. The van der Waals surface area contributed by atoms with E-state index in [-0.39, 0.29) is 0 Å². The number of carbonyl (C=O) groups is 1. The molecular formula is C11H13N3O2. The Bertz CT molecular complexity index is 507. The van der Waals surface area contributed by atoms with Gasteiger partial charge in [0.05, 0.1) is 23.3 Å². The number of H-pyrrole nitrogens is 1. The Morgan fingerprint density at radius 1 is 1.62 bits per heavy atom. The number of aliphatic carboxylic acids is 1. The Morgan fingerprint density at radius 2 is 2.44 bits per heavy atom. The van der Waals surface area contributed by atoms with Gasteiger partial charge in [0.2, 0.25) is 0 Å². The van der Waals surface area contributed by atoms with E-state index in [1.165, 1.54) is 0 Å². The predicted octanol–water partition coefficient (Wildman–Crippen LogP) is 0.950. The van der Waals surface area contributed by atoms with Crippen molar-refractivity contribution in [1.82, 2.24) is 15.3 Å². The van der Waals surface area contributed by atoms with Gasteiger partial charge < -0.3 is 15.4 Å². The third-order valence-corrected chi connectivity index (χ3v) is 2.55. The van der Waals surface area contributed by atoms with Crippen LogP contribution in [0.3, 0.4) is 0 Å². The van der Waals surface area contributed by atoms with Crippen LogP contribution in [0.25, 0.3) is 11.0 Å². The largest absolute Gasteiger partial charge is 0.481 e. The number of aromatic nitrogens is 2. The van der Waals surface area contributed by atoms with E-state index in [2.05, 4.69) is 15.3 Å². The molecule has 1 atom stereocenters. The van der Waals surface area contributed by atoms with E-state index in [1.54, 1.807) is 19.4 Å². The lowest BCUT2D eigenvalue weighted by atomic mass is 9.99. The molecule has 0 bridgehead atoms. The van der Waals surface area contributed by atoms with Crippen LogP contribution in [-0.2, 0) is 4.79 Å². The van der Waals surface area contributed by atoms with Crippen molar-refractivity contribution in [3.8, 4) is 0 Å². The molecule has 3 N–H and O–H groups in total. The molecule has 0 aliphatic rings. The number of hydrogen-bond donors (Lipinski definition) is 3. The number of imidazole rings is 1. The zero-order valence-corrected chi connectivity index (χ0v) is 8.90. The maximum Gasteiger partial charge on any atom is 0.312 e. The summed E-state index contributed by atoms with van der Waals surface area (Å²) in [5.41, 5.74) is 2.48. The third kappa shape index (κ3) is 1.90. The number of carboxylic acid groups (broad SMARTS) is 1. The lowest BCUT2D eigenvalue weighted by molar-refractivity contribution is -0.138. The van der Waals surface area contributed by atoms with Crippen LogP contribution >= 0.6 is 0 Å². The minimum Gasteiger partial charge on any atom is -0.481 e. The highest BCUT2D eigenvalue weighted by atomic mass is 16.4. The van der Waals surface area contributed by atoms with Crippen LogP contribution in [0, 0.1) is 0 Å². The van der Waals surface area contributed by atoms with Crippen LogP contribution in [-0.4, -0.2) is 34.6 Å². The smallest absolute Gasteiger partial charge is 0.312 e. The molecule has 0 amide bonds. The van der Waals surface area contributed by atoms with Crippen molar-refractivity contribution in [2.75, 3.05) is 13.6 Å². The fourth-order valence-electron chi connectivity index (χ4n) is 1.72. The molecule has 0 radical (unpaired) electrons. The Balaban J connectivity index is 2.39. The number of nitrogens with zero attached hydrogens (tertiary/aromatic N) is 1. The Kier molecular flexibility index (Phi) is 2.87. The quantitative estimate of drug-likeness (QED) is 0.715. The molecular weight excluding hydrogens is 206 g/mol. The second-order valence-corrected chi connectivity index (χ2v) is 3.63. The van der Waals surface area contributed by atoms with Crippen LogP contribution in [0.1, 0.15) is 11.5 Å². The highest BCUT2D eigenvalue weighted by molar-refractivity contribution is 5.80. The third-order valence-electron chi connectivity index (χ3n) is 2.55. The molecule has 1 heterocycles. The Morgan fingerprint density at radius 3 is 3.12 bits per heavy atom. The number of hydrogen-bond acceptors (Lipinski definition) is 3. The molecule has 0 spiro atoms. The SMILES string of the molecule is CNCC(C(=O)O)c1ccc2nc[nH]c2c1. The van der Waals surface area contributed by atoms with Crippen molar-refractivity contribution in [2.45, 2.75) is 5.92 Å². The van der Waals surface area contributed by atoms with E-state index < -0.39 is 11.9 Å². The van der Waals surface area contributed by atoms with Crippen molar-refractivity contribution in [2.24, 2.45) is 0 Å². The van der Waals surface area contributed by atoms with E-state index in [9.17, 15) is 4.79 Å². The number of fused-ring (bicyclic) bond motifs is 1. The maximum absolute atomic E-state index is 11.1. The summed E-state index contributed by atoms with van der Waals surface area (Å²) in [5.74, 6) is -1.36. The summed E-state index contributed by atoms with van der Waals surface area (Å²) < 4.78 is 0. The Hall–Kier alpha value is -1.88. The van der Waals surface area contributed by atoms with E-state index in [4.69, 9.17) is 5.11 Å². The van der Waals surface area contributed by atoms with E-state index in [1.807, 2.05) is 12.1 Å². The highest BCUT2D eigenvalue weighted by Crippen LogP contribution is 2.19. The Labute approximate surface area is 92.5 Å². The van der Waals surface area contributed by atoms with Crippen molar-refractivity contribution in [3.63, 3.8) is 0 Å². The zero-order valence-electron chi connectivity index (χ0n) is 8.90. The minimum absolute atomic E-state index is 0.412. The molecule has 1 aromatic carbocycles. The van der Waals surface area contributed by atoms with Crippen molar-refractivity contribution < 1.29 is 9.90 Å². The first-order valence-electron chi connectivity index (χ1n) is 5.03. The predicted molar refractivity (Wildman–Crippen MR) is 60.4 cm³/mol. The molecule has 2 rings (SSSR count). The van der Waals surface area contributed by atoms with E-state index >= 15 is 0 Å². The molecule has 0 saturated carbocycles. The van der Waals surface area contributed by atoms with Gasteiger partial charge in [0.15, 0.2) is 0 Å². The van der Waals surface area contributed by atoms with Gasteiger partial charge in [-0.15, -0.1) is 0 Å². The number of carboxylic acids is 1. The molecule has 5 heteroatoms. The highest BCUT2D eigenvalue weighted by Gasteiger charge is 2.19. The lowest BCUT2D eigenvalue weighted by Gasteiger charge is -2.11. The normalized spacial score (nSPS) is 12.8. The first-order valence-corrected chi connectivity index (χ1v) is 5.03. The topological polar surface area (TPSA) is 78.0 Å². The molecule has 0 aliphatic heterocycles. The van der Waals surface area contributed by atoms with E-state index in [0.717, 1.165) is 16.6 Å². The summed E-state index contributed by atoms with van der Waals surface area (Å²) in [6.07, 6.45) is 1.60. The molecule has 0 saturated heterocycles. The van der Waals surface area contributed by atoms with Gasteiger partial charge in [0, 0.05) is 6.54 Å². The number of benzene rings is 1. The van der Waals surface area contributed by atoms with Crippen LogP contribution in [0.15, 0.2) is 24.5 Å². The van der Waals surface area contributed by atoms with Gasteiger partial charge in [-0.3, -0.25) is 4.79 Å². The average Bonchev–Trinajstić information content (AvgIpc) is 2.72. The van der Waals surface area contributed by atoms with Gasteiger partial charge in [-0.25, -0.2) is 4.98 Å². The summed E-state index contributed by atoms with van der Waals surface area (Å²) >= 11 is 0. The van der Waals surface area contributed by atoms with Crippen molar-refractivity contribution in [1.29, 1.82) is 0 Å². The summed E-state index contributed by atoms with van der Waals surface area (Å²) in [6, 6.07) is 5.46. The average molecular weight is 219 g/mol. The van der Waals surface area contributed by atoms with Crippen LogP contribution in [0.2, 0.25) is 0 Å². The van der Waals surface area contributed by atoms with Gasteiger partial charge >= 0.3 is 5.97 Å². The van der Waals surface area contributed by atoms with Crippen LogP contribution < -0.4 is 5.32 Å². The fraction of sp³-hybridized carbons (Fsp3) is 0.273. The first-order chi connectivity index (χ1) is 7.72. The monoisotopic (exact) mass is 219 g/mol. The fourth-order valence-corrected chi connectivity index (χ4v) is 1.72. The molecule has 16 heavy (non-hydrogen) atoms. The van der Waals surface area contributed by atoms with Crippen LogP contribution in [0.4, 0.5) is 0 Å². The van der Waals surface area contributed by atoms with Gasteiger partial charge in [-0.2, -0.15) is 0 Å². The maximum atomic E-state index is 11.1. The number of likely N-dealkylation sites (N-methyl/N-ethyl adjacent to an activating group) is 1. The van der Waals surface area contributed by atoms with Crippen LogP contribution in [0.5, 0.6) is 0 Å². The summed E-state index contributed by atoms with van der Waals surface area (Å²) in [4.78, 5) is 18.2. The molecule has 5 nitrogen and oxygen atoms in total. The van der Waals surface area contributed by atoms with E-state index in [0.29, 0.717) is 6.54 Å². The van der Waals surface area contributed by atoms with Gasteiger partial charge in [0.1, 0.15) is 0 Å². The number of rotatable bonds is 4. The minimum atomic E-state index is -0.826. The second kappa shape index (κ2) is 4.32. The van der Waals surface area contributed by atoms with Crippen molar-refractivity contribution in [3.05, 3.63) is 30.1 Å². The standard InChI is InChI=1S/C11H13N3O2/c1-12-5-8(11(15)16)7-2-3-9-10(4-7)14-6-13-9/h2-4,6,8,12H,5H2,1H3,(H,13,14)(H,15,16). The molecule has 1 unspecified atom stereocenters. The van der Waals surface area contributed by atoms with Gasteiger partial charge in [-0.1, -0.05) is 6.07 Å². The summed E-state index contributed by atoms with van der Waals surface area (Å²) in [5, 5.41) is 12.0. The molecule has 0 fully saturated rings. The molecule has 1 aromatic heterocycles. The van der Waals surface area contributed by atoms with Gasteiger partial charge in [-0.05, 0) is 24.7 Å². The summed E-state index contributed by atoms with van der Waals surface area (Å²) in [7, 11) is 1.74. The second-order valence-electron chi connectivity index (χ2n) is 3.63. The molecule has 84 valence electrons. The molecule has 2 aromatic rings. The first kappa shape index (κ1) is 10.6. The summed E-state index contributed by atoms with van der Waals surface area (Å²) in [6.45, 7) is 0.412. The zero-order chi connectivity index (χ0) is 11.5. The lowest BCUT2D eigenvalue weighted by Crippen LogP contribution is -2.24. The van der Waals surface area contributed by atoms with Crippen molar-refractivity contribution >= 4 is 17.0 Å². The molecule has 0 aliphatic carbocycles. The number of aromatic amines is 1. The van der Waals surface area contributed by atoms with Gasteiger partial charge in [0.25, 0.3) is 0 Å².